The minimum Gasteiger partial charge on any atom is -0.348 e. The van der Waals surface area contributed by atoms with Gasteiger partial charge >= 0.3 is 0 Å². The van der Waals surface area contributed by atoms with E-state index in [2.05, 4.69) is 15.1 Å². The fourth-order valence-corrected chi connectivity index (χ4v) is 4.53. The van der Waals surface area contributed by atoms with Crippen LogP contribution in [0, 0.1) is 12.3 Å². The van der Waals surface area contributed by atoms with Crippen LogP contribution in [-0.4, -0.2) is 67.5 Å². The zero-order chi connectivity index (χ0) is 19.6. The highest BCUT2D eigenvalue weighted by Gasteiger charge is 2.42. The van der Waals surface area contributed by atoms with Gasteiger partial charge in [-0.15, -0.1) is 0 Å². The number of aromatic amines is 1. The van der Waals surface area contributed by atoms with Gasteiger partial charge < -0.3 is 14.8 Å². The van der Waals surface area contributed by atoms with E-state index >= 15 is 0 Å². The summed E-state index contributed by atoms with van der Waals surface area (Å²) in [5.41, 5.74) is 2.12. The molecule has 2 aliphatic heterocycles. The number of piperidine rings is 2. The van der Waals surface area contributed by atoms with Crippen molar-refractivity contribution in [3.63, 3.8) is 0 Å². The number of aromatic nitrogens is 4. The Morgan fingerprint density at radius 1 is 1.29 bits per heavy atom. The molecular formula is C20H28N6O2. The van der Waals surface area contributed by atoms with Gasteiger partial charge in [0.25, 0.3) is 0 Å². The molecule has 2 amide bonds. The van der Waals surface area contributed by atoms with Crippen molar-refractivity contribution >= 4 is 11.8 Å². The van der Waals surface area contributed by atoms with Crippen molar-refractivity contribution in [3.05, 3.63) is 36.2 Å². The molecule has 2 aromatic heterocycles. The van der Waals surface area contributed by atoms with Crippen molar-refractivity contribution in [1.82, 2.24) is 29.5 Å². The molecule has 4 rings (SSSR count). The van der Waals surface area contributed by atoms with Gasteiger partial charge in [-0.05, 0) is 31.7 Å². The van der Waals surface area contributed by atoms with E-state index in [1.54, 1.807) is 17.2 Å². The van der Waals surface area contributed by atoms with Gasteiger partial charge in [0.1, 0.15) is 6.54 Å². The second kappa shape index (κ2) is 7.77. The Morgan fingerprint density at radius 2 is 2.18 bits per heavy atom. The Morgan fingerprint density at radius 3 is 2.93 bits per heavy atom. The van der Waals surface area contributed by atoms with Crippen molar-refractivity contribution in [2.75, 3.05) is 26.2 Å². The first-order valence-electron chi connectivity index (χ1n) is 10.0. The molecule has 150 valence electrons. The zero-order valence-electron chi connectivity index (χ0n) is 16.4. The number of aryl methyl sites for hydroxylation is 1. The van der Waals surface area contributed by atoms with Crippen molar-refractivity contribution in [3.8, 4) is 0 Å². The van der Waals surface area contributed by atoms with Crippen molar-refractivity contribution in [2.45, 2.75) is 45.6 Å². The average molecular weight is 384 g/mol. The maximum Gasteiger partial charge on any atom is 0.244 e. The second-order valence-electron chi connectivity index (χ2n) is 8.28. The van der Waals surface area contributed by atoms with Gasteiger partial charge in [0.2, 0.25) is 11.8 Å². The van der Waals surface area contributed by atoms with Crippen LogP contribution in [0.2, 0.25) is 0 Å². The Balaban J connectivity index is 1.38. The normalized spacial score (nSPS) is 22.8. The maximum atomic E-state index is 12.8. The minimum atomic E-state index is 0.0236. The molecule has 0 unspecified atom stereocenters. The fourth-order valence-electron chi connectivity index (χ4n) is 4.53. The Labute approximate surface area is 164 Å². The predicted octanol–water partition coefficient (Wildman–Crippen LogP) is 1.39. The van der Waals surface area contributed by atoms with Crippen LogP contribution in [0.4, 0.5) is 0 Å². The summed E-state index contributed by atoms with van der Waals surface area (Å²) in [7, 11) is 0. The lowest BCUT2D eigenvalue weighted by Gasteiger charge is -2.48. The highest BCUT2D eigenvalue weighted by atomic mass is 16.2. The SMILES string of the molecule is Cc1cnn(CC(=O)N2CCC[C@]3(CCC(=O)N(CCc4cnc[nH]4)C3)C2)c1. The van der Waals surface area contributed by atoms with E-state index in [0.717, 1.165) is 56.6 Å². The molecule has 28 heavy (non-hydrogen) atoms. The van der Waals surface area contributed by atoms with E-state index in [1.165, 1.54) is 0 Å². The minimum absolute atomic E-state index is 0.0236. The third-order valence-electron chi connectivity index (χ3n) is 6.03. The van der Waals surface area contributed by atoms with Gasteiger partial charge in [0.05, 0.1) is 12.5 Å². The van der Waals surface area contributed by atoms with Gasteiger partial charge in [-0.3, -0.25) is 14.3 Å². The number of carbonyl (C=O) groups is 2. The summed E-state index contributed by atoms with van der Waals surface area (Å²) >= 11 is 0. The molecule has 4 heterocycles. The molecular weight excluding hydrogens is 356 g/mol. The lowest BCUT2D eigenvalue weighted by Crippen LogP contribution is -2.55. The standard InChI is InChI=1S/C20H28N6O2/c1-16-9-23-26(11-16)12-19(28)24-7-2-5-20(13-24)6-3-18(27)25(14-20)8-4-17-10-21-15-22-17/h9-11,15H,2-8,12-14H2,1H3,(H,21,22)/t20-/m0/s1. The molecule has 2 saturated heterocycles. The summed E-state index contributed by atoms with van der Waals surface area (Å²) in [6, 6.07) is 0. The summed E-state index contributed by atoms with van der Waals surface area (Å²) < 4.78 is 1.71. The van der Waals surface area contributed by atoms with Crippen LogP contribution in [0.3, 0.4) is 0 Å². The first-order valence-corrected chi connectivity index (χ1v) is 10.0. The van der Waals surface area contributed by atoms with Crippen LogP contribution in [0.5, 0.6) is 0 Å². The molecule has 0 radical (unpaired) electrons. The van der Waals surface area contributed by atoms with Crippen LogP contribution in [0.1, 0.15) is 36.9 Å². The summed E-state index contributed by atoms with van der Waals surface area (Å²) in [5, 5.41) is 4.23. The van der Waals surface area contributed by atoms with Crippen molar-refractivity contribution in [2.24, 2.45) is 5.41 Å². The molecule has 0 bridgehead atoms. The Kier molecular flexibility index (Phi) is 5.19. The van der Waals surface area contributed by atoms with E-state index in [1.807, 2.05) is 29.1 Å². The summed E-state index contributed by atoms with van der Waals surface area (Å²) in [4.78, 5) is 36.3. The number of hydrogen-bond acceptors (Lipinski definition) is 4. The van der Waals surface area contributed by atoms with E-state index in [0.29, 0.717) is 13.0 Å². The van der Waals surface area contributed by atoms with Crippen LogP contribution >= 0.6 is 0 Å². The molecule has 1 atom stereocenters. The highest BCUT2D eigenvalue weighted by molar-refractivity contribution is 5.78. The van der Waals surface area contributed by atoms with Gasteiger partial charge in [0, 0.05) is 62.5 Å². The number of likely N-dealkylation sites (tertiary alicyclic amines) is 2. The molecule has 1 N–H and O–H groups in total. The largest absolute Gasteiger partial charge is 0.348 e. The highest BCUT2D eigenvalue weighted by Crippen LogP contribution is 2.39. The van der Waals surface area contributed by atoms with E-state index in [4.69, 9.17) is 0 Å². The number of amides is 2. The molecule has 8 nitrogen and oxygen atoms in total. The molecule has 0 aromatic carbocycles. The number of imidazole rings is 1. The number of nitrogens with zero attached hydrogens (tertiary/aromatic N) is 5. The first kappa shape index (κ1) is 18.7. The lowest BCUT2D eigenvalue weighted by molar-refractivity contribution is -0.143. The Hall–Kier alpha value is -2.64. The van der Waals surface area contributed by atoms with Gasteiger partial charge in [-0.1, -0.05) is 0 Å². The topological polar surface area (TPSA) is 87.1 Å². The maximum absolute atomic E-state index is 12.8. The molecule has 2 aliphatic rings. The number of hydrogen-bond donors (Lipinski definition) is 1. The molecule has 2 aromatic rings. The average Bonchev–Trinajstić information content (AvgIpc) is 3.34. The third kappa shape index (κ3) is 4.10. The van der Waals surface area contributed by atoms with Gasteiger partial charge in [-0.2, -0.15) is 5.10 Å². The van der Waals surface area contributed by atoms with Crippen molar-refractivity contribution in [1.29, 1.82) is 0 Å². The van der Waals surface area contributed by atoms with E-state index in [9.17, 15) is 9.59 Å². The van der Waals surface area contributed by atoms with E-state index < -0.39 is 0 Å². The van der Waals surface area contributed by atoms with Crippen molar-refractivity contribution < 1.29 is 9.59 Å². The zero-order valence-corrected chi connectivity index (χ0v) is 16.4. The smallest absolute Gasteiger partial charge is 0.244 e. The number of carbonyl (C=O) groups excluding carboxylic acids is 2. The quantitative estimate of drug-likeness (QED) is 0.844. The fraction of sp³-hybridized carbons (Fsp3) is 0.600. The van der Waals surface area contributed by atoms with E-state index in [-0.39, 0.29) is 23.8 Å². The van der Waals surface area contributed by atoms with Crippen LogP contribution in [0.25, 0.3) is 0 Å². The summed E-state index contributed by atoms with van der Waals surface area (Å²) in [6.07, 6.45) is 11.4. The number of nitrogens with one attached hydrogen (secondary N) is 1. The molecule has 2 fully saturated rings. The van der Waals surface area contributed by atoms with Gasteiger partial charge in [0.15, 0.2) is 0 Å². The van der Waals surface area contributed by atoms with Gasteiger partial charge in [-0.25, -0.2) is 4.98 Å². The molecule has 1 spiro atoms. The molecule has 0 aliphatic carbocycles. The predicted molar refractivity (Wildman–Crippen MR) is 103 cm³/mol. The molecule has 0 saturated carbocycles. The number of H-pyrrole nitrogens is 1. The number of rotatable bonds is 5. The third-order valence-corrected chi connectivity index (χ3v) is 6.03. The Bertz CT molecular complexity index is 830. The van der Waals surface area contributed by atoms with Crippen LogP contribution < -0.4 is 0 Å². The first-order chi connectivity index (χ1) is 13.5. The summed E-state index contributed by atoms with van der Waals surface area (Å²) in [6.45, 7) is 5.23. The monoisotopic (exact) mass is 384 g/mol. The molecule has 8 heteroatoms. The lowest BCUT2D eigenvalue weighted by atomic mass is 9.73. The van der Waals surface area contributed by atoms with Crippen LogP contribution in [-0.2, 0) is 22.6 Å². The summed E-state index contributed by atoms with van der Waals surface area (Å²) in [5.74, 6) is 0.337. The van der Waals surface area contributed by atoms with Crippen LogP contribution in [0.15, 0.2) is 24.9 Å². The second-order valence-corrected chi connectivity index (χ2v) is 8.28.